The van der Waals surface area contributed by atoms with Gasteiger partial charge >= 0.3 is 0 Å². The predicted octanol–water partition coefficient (Wildman–Crippen LogP) is 3.32. The van der Waals surface area contributed by atoms with Crippen molar-refractivity contribution in [2.24, 2.45) is 16.7 Å². The van der Waals surface area contributed by atoms with E-state index in [9.17, 15) is 4.79 Å². The van der Waals surface area contributed by atoms with Crippen molar-refractivity contribution in [3.8, 4) is 0 Å². The summed E-state index contributed by atoms with van der Waals surface area (Å²) in [6.07, 6.45) is 2.37. The number of amides is 1. The fourth-order valence-electron chi connectivity index (χ4n) is 2.73. The highest BCUT2D eigenvalue weighted by molar-refractivity contribution is 5.81. The molecule has 0 aromatic rings. The van der Waals surface area contributed by atoms with Crippen LogP contribution in [0.2, 0.25) is 0 Å². The average molecular weight is 225 g/mol. The van der Waals surface area contributed by atoms with Crippen LogP contribution in [0.4, 0.5) is 0 Å². The van der Waals surface area contributed by atoms with Crippen LogP contribution in [-0.2, 0) is 4.79 Å². The normalized spacial score (nSPS) is 26.4. The van der Waals surface area contributed by atoms with Gasteiger partial charge in [0.2, 0.25) is 5.91 Å². The Morgan fingerprint density at radius 2 is 1.88 bits per heavy atom. The molecule has 0 aliphatic carbocycles. The molecule has 1 rings (SSSR count). The first-order valence-corrected chi connectivity index (χ1v) is 6.41. The lowest BCUT2D eigenvalue weighted by Gasteiger charge is -2.33. The van der Waals surface area contributed by atoms with E-state index >= 15 is 0 Å². The van der Waals surface area contributed by atoms with E-state index in [-0.39, 0.29) is 10.8 Å². The van der Waals surface area contributed by atoms with Crippen molar-refractivity contribution in [2.75, 3.05) is 13.1 Å². The summed E-state index contributed by atoms with van der Waals surface area (Å²) in [7, 11) is 0. The third kappa shape index (κ3) is 3.50. The molecule has 0 saturated carbocycles. The maximum Gasteiger partial charge on any atom is 0.227 e. The molecule has 2 heteroatoms. The molecule has 0 radical (unpaired) electrons. The van der Waals surface area contributed by atoms with Gasteiger partial charge in [-0.15, -0.1) is 0 Å². The van der Waals surface area contributed by atoms with E-state index in [1.54, 1.807) is 0 Å². The van der Waals surface area contributed by atoms with Gasteiger partial charge in [-0.25, -0.2) is 0 Å². The monoisotopic (exact) mass is 225 g/mol. The Labute approximate surface area is 100 Å². The van der Waals surface area contributed by atoms with Crippen LogP contribution in [0.15, 0.2) is 0 Å². The van der Waals surface area contributed by atoms with E-state index in [0.29, 0.717) is 5.91 Å². The Morgan fingerprint density at radius 3 is 2.38 bits per heavy atom. The van der Waals surface area contributed by atoms with Crippen LogP contribution >= 0.6 is 0 Å². The molecule has 0 N–H and O–H groups in total. The summed E-state index contributed by atoms with van der Waals surface area (Å²) < 4.78 is 0. The van der Waals surface area contributed by atoms with Crippen molar-refractivity contribution >= 4 is 5.91 Å². The van der Waals surface area contributed by atoms with Gasteiger partial charge in [0.05, 0.1) is 0 Å². The van der Waals surface area contributed by atoms with E-state index in [4.69, 9.17) is 0 Å². The number of nitrogens with zero attached hydrogens (tertiary/aromatic N) is 1. The molecule has 94 valence electrons. The summed E-state index contributed by atoms with van der Waals surface area (Å²) in [6.45, 7) is 14.7. The number of carbonyl (C=O) groups excluding carboxylic acids is 1. The van der Waals surface area contributed by atoms with Crippen molar-refractivity contribution in [3.63, 3.8) is 0 Å². The van der Waals surface area contributed by atoms with Gasteiger partial charge in [-0.2, -0.15) is 0 Å². The number of likely N-dealkylation sites (tertiary alicyclic amines) is 1. The fourth-order valence-corrected chi connectivity index (χ4v) is 2.73. The molecule has 1 heterocycles. The van der Waals surface area contributed by atoms with E-state index in [1.807, 2.05) is 20.8 Å². The standard InChI is InChI=1S/C14H27NO/c1-11-7-8-15(10-14(5,6)9-11)12(16)13(2,3)4/h11H,7-10H2,1-6H3. The summed E-state index contributed by atoms with van der Waals surface area (Å²) in [5.41, 5.74) is 0.0144. The van der Waals surface area contributed by atoms with Crippen molar-refractivity contribution in [1.29, 1.82) is 0 Å². The van der Waals surface area contributed by atoms with E-state index < -0.39 is 0 Å². The number of carbonyl (C=O) groups is 1. The first kappa shape index (κ1) is 13.5. The first-order valence-electron chi connectivity index (χ1n) is 6.41. The van der Waals surface area contributed by atoms with Crippen LogP contribution in [0.5, 0.6) is 0 Å². The molecule has 1 fully saturated rings. The van der Waals surface area contributed by atoms with Crippen LogP contribution < -0.4 is 0 Å². The summed E-state index contributed by atoms with van der Waals surface area (Å²) >= 11 is 0. The molecular formula is C14H27NO. The maximum absolute atomic E-state index is 12.3. The summed E-state index contributed by atoms with van der Waals surface area (Å²) in [4.78, 5) is 14.4. The zero-order chi connectivity index (χ0) is 12.6. The van der Waals surface area contributed by atoms with Crippen molar-refractivity contribution in [2.45, 2.75) is 54.4 Å². The van der Waals surface area contributed by atoms with Gasteiger partial charge in [-0.1, -0.05) is 41.5 Å². The molecule has 1 saturated heterocycles. The molecule has 1 aliphatic heterocycles. The molecule has 0 aromatic carbocycles. The second-order valence-electron chi connectivity index (χ2n) is 7.24. The highest BCUT2D eigenvalue weighted by Gasteiger charge is 2.34. The lowest BCUT2D eigenvalue weighted by atomic mass is 9.83. The molecular weight excluding hydrogens is 198 g/mol. The molecule has 0 spiro atoms. The van der Waals surface area contributed by atoms with E-state index in [1.165, 1.54) is 6.42 Å². The zero-order valence-corrected chi connectivity index (χ0v) is 11.8. The van der Waals surface area contributed by atoms with Crippen molar-refractivity contribution < 1.29 is 4.79 Å². The molecule has 2 nitrogen and oxygen atoms in total. The molecule has 1 aliphatic rings. The number of rotatable bonds is 0. The Bertz CT molecular complexity index is 262. The smallest absolute Gasteiger partial charge is 0.227 e. The topological polar surface area (TPSA) is 20.3 Å². The van der Waals surface area contributed by atoms with Gasteiger partial charge in [-0.05, 0) is 24.2 Å². The zero-order valence-electron chi connectivity index (χ0n) is 11.8. The third-order valence-electron chi connectivity index (χ3n) is 3.34. The van der Waals surface area contributed by atoms with Crippen LogP contribution in [0.25, 0.3) is 0 Å². The van der Waals surface area contributed by atoms with Gasteiger partial charge in [0, 0.05) is 18.5 Å². The minimum Gasteiger partial charge on any atom is -0.342 e. The van der Waals surface area contributed by atoms with Crippen molar-refractivity contribution in [1.82, 2.24) is 4.90 Å². The molecule has 1 atom stereocenters. The minimum atomic E-state index is -0.246. The third-order valence-corrected chi connectivity index (χ3v) is 3.34. The summed E-state index contributed by atoms with van der Waals surface area (Å²) in [5, 5.41) is 0. The number of hydrogen-bond donors (Lipinski definition) is 0. The van der Waals surface area contributed by atoms with Crippen LogP contribution in [0.1, 0.15) is 54.4 Å². The minimum absolute atomic E-state index is 0.246. The first-order chi connectivity index (χ1) is 7.12. The number of hydrogen-bond acceptors (Lipinski definition) is 1. The quantitative estimate of drug-likeness (QED) is 0.619. The van der Waals surface area contributed by atoms with Gasteiger partial charge < -0.3 is 4.90 Å². The largest absolute Gasteiger partial charge is 0.342 e. The molecule has 0 aromatic heterocycles. The lowest BCUT2D eigenvalue weighted by Crippen LogP contribution is -2.43. The Kier molecular flexibility index (Phi) is 3.71. The highest BCUT2D eigenvalue weighted by Crippen LogP contribution is 2.33. The lowest BCUT2D eigenvalue weighted by molar-refractivity contribution is -0.140. The Balaban J connectivity index is 2.79. The predicted molar refractivity (Wildman–Crippen MR) is 68.2 cm³/mol. The SMILES string of the molecule is CC1CCN(C(=O)C(C)(C)C)CC(C)(C)C1. The van der Waals surface area contributed by atoms with E-state index in [0.717, 1.165) is 25.4 Å². The Hall–Kier alpha value is -0.530. The molecule has 16 heavy (non-hydrogen) atoms. The fraction of sp³-hybridized carbons (Fsp3) is 0.929. The highest BCUT2D eigenvalue weighted by atomic mass is 16.2. The maximum atomic E-state index is 12.3. The van der Waals surface area contributed by atoms with Gasteiger partial charge in [0.15, 0.2) is 0 Å². The molecule has 1 amide bonds. The summed E-state index contributed by atoms with van der Waals surface area (Å²) in [6, 6.07) is 0. The second kappa shape index (κ2) is 4.38. The second-order valence-corrected chi connectivity index (χ2v) is 7.24. The van der Waals surface area contributed by atoms with E-state index in [2.05, 4.69) is 25.7 Å². The summed E-state index contributed by atoms with van der Waals surface area (Å²) in [5.74, 6) is 1.03. The van der Waals surface area contributed by atoms with Gasteiger partial charge in [0.25, 0.3) is 0 Å². The average Bonchev–Trinajstić information content (AvgIpc) is 2.20. The van der Waals surface area contributed by atoms with Crippen LogP contribution in [-0.4, -0.2) is 23.9 Å². The van der Waals surface area contributed by atoms with Crippen LogP contribution in [0, 0.1) is 16.7 Å². The van der Waals surface area contributed by atoms with Crippen LogP contribution in [0.3, 0.4) is 0 Å². The molecule has 0 bridgehead atoms. The van der Waals surface area contributed by atoms with Gasteiger partial charge in [0.1, 0.15) is 0 Å². The Morgan fingerprint density at radius 1 is 1.31 bits per heavy atom. The van der Waals surface area contributed by atoms with Crippen molar-refractivity contribution in [3.05, 3.63) is 0 Å². The molecule has 1 unspecified atom stereocenters. The van der Waals surface area contributed by atoms with Gasteiger partial charge in [-0.3, -0.25) is 4.79 Å².